The molecule has 1 atom stereocenters. The molecule has 16 heavy (non-hydrogen) atoms. The van der Waals surface area contributed by atoms with Crippen molar-refractivity contribution in [3.05, 3.63) is 35.6 Å². The molecule has 0 aliphatic heterocycles. The second-order valence-corrected chi connectivity index (χ2v) is 5.17. The molecule has 0 bridgehead atoms. The summed E-state index contributed by atoms with van der Waals surface area (Å²) in [5.41, 5.74) is 1.23. The Morgan fingerprint density at radius 2 is 1.88 bits per heavy atom. The van der Waals surface area contributed by atoms with Crippen molar-refractivity contribution in [3.63, 3.8) is 0 Å². The molecule has 1 aliphatic rings. The van der Waals surface area contributed by atoms with Gasteiger partial charge in [-0.2, -0.15) is 0 Å². The number of rotatable bonds is 5. The molecule has 0 saturated heterocycles. The predicted molar refractivity (Wildman–Crippen MR) is 64.7 cm³/mol. The first-order chi connectivity index (χ1) is 7.66. The van der Waals surface area contributed by atoms with E-state index < -0.39 is 0 Å². The maximum atomic E-state index is 12.9. The van der Waals surface area contributed by atoms with E-state index in [0.717, 1.165) is 12.5 Å². The predicted octanol–water partition coefficient (Wildman–Crippen LogP) is 3.52. The third-order valence-electron chi connectivity index (χ3n) is 3.07. The van der Waals surface area contributed by atoms with Crippen LogP contribution in [0.15, 0.2) is 24.3 Å². The number of benzene rings is 1. The summed E-state index contributed by atoms with van der Waals surface area (Å²) in [5, 5.41) is 3.59. The van der Waals surface area contributed by atoms with Crippen molar-refractivity contribution in [1.82, 2.24) is 5.32 Å². The van der Waals surface area contributed by atoms with E-state index in [2.05, 4.69) is 19.2 Å². The fourth-order valence-corrected chi connectivity index (χ4v) is 2.02. The van der Waals surface area contributed by atoms with Crippen molar-refractivity contribution in [1.29, 1.82) is 0 Å². The molecule has 1 aliphatic carbocycles. The maximum absolute atomic E-state index is 12.9. The first-order valence-electron chi connectivity index (χ1n) is 6.15. The fraction of sp³-hybridized carbons (Fsp3) is 0.571. The van der Waals surface area contributed by atoms with Crippen molar-refractivity contribution in [2.45, 2.75) is 32.7 Å². The van der Waals surface area contributed by atoms with Crippen LogP contribution in [0.3, 0.4) is 0 Å². The largest absolute Gasteiger partial charge is 0.309 e. The van der Waals surface area contributed by atoms with Crippen LogP contribution in [-0.2, 0) is 0 Å². The Morgan fingerprint density at radius 3 is 2.38 bits per heavy atom. The van der Waals surface area contributed by atoms with E-state index in [0.29, 0.717) is 12.0 Å². The molecule has 2 rings (SSSR count). The topological polar surface area (TPSA) is 12.0 Å². The van der Waals surface area contributed by atoms with Crippen LogP contribution in [0.25, 0.3) is 0 Å². The second-order valence-electron chi connectivity index (χ2n) is 5.17. The zero-order chi connectivity index (χ0) is 11.5. The molecular weight excluding hydrogens is 201 g/mol. The van der Waals surface area contributed by atoms with Crippen molar-refractivity contribution in [2.24, 2.45) is 11.8 Å². The Hall–Kier alpha value is -0.890. The number of nitrogens with one attached hydrogen (secondary N) is 1. The van der Waals surface area contributed by atoms with Gasteiger partial charge in [-0.15, -0.1) is 0 Å². The average Bonchev–Trinajstić information content (AvgIpc) is 3.04. The summed E-state index contributed by atoms with van der Waals surface area (Å²) in [6.07, 6.45) is 2.60. The van der Waals surface area contributed by atoms with E-state index in [9.17, 15) is 4.39 Å². The van der Waals surface area contributed by atoms with Gasteiger partial charge in [-0.05, 0) is 48.9 Å². The first kappa shape index (κ1) is 11.6. The van der Waals surface area contributed by atoms with Crippen LogP contribution in [0.4, 0.5) is 4.39 Å². The van der Waals surface area contributed by atoms with Crippen LogP contribution in [0.1, 0.15) is 38.3 Å². The third-order valence-corrected chi connectivity index (χ3v) is 3.07. The van der Waals surface area contributed by atoms with Gasteiger partial charge in [0.05, 0.1) is 0 Å². The Kier molecular flexibility index (Phi) is 3.59. The molecule has 2 heteroatoms. The zero-order valence-corrected chi connectivity index (χ0v) is 10.0. The normalized spacial score (nSPS) is 17.8. The number of hydrogen-bond donors (Lipinski definition) is 1. The average molecular weight is 221 g/mol. The Labute approximate surface area is 97.1 Å². The van der Waals surface area contributed by atoms with E-state index in [-0.39, 0.29) is 5.82 Å². The molecule has 0 radical (unpaired) electrons. The SMILES string of the molecule is CC(C)CNC(c1ccc(F)cc1)C1CC1. The van der Waals surface area contributed by atoms with Gasteiger partial charge >= 0.3 is 0 Å². The van der Waals surface area contributed by atoms with Gasteiger partial charge in [-0.1, -0.05) is 26.0 Å². The molecule has 0 heterocycles. The quantitative estimate of drug-likeness (QED) is 0.802. The molecule has 1 aromatic carbocycles. The van der Waals surface area contributed by atoms with E-state index in [1.54, 1.807) is 12.1 Å². The molecular formula is C14H20FN. The Morgan fingerprint density at radius 1 is 1.25 bits per heavy atom. The minimum absolute atomic E-state index is 0.151. The van der Waals surface area contributed by atoms with E-state index in [4.69, 9.17) is 0 Å². The highest BCUT2D eigenvalue weighted by atomic mass is 19.1. The van der Waals surface area contributed by atoms with Gasteiger partial charge in [-0.3, -0.25) is 0 Å². The lowest BCUT2D eigenvalue weighted by atomic mass is 10.0. The van der Waals surface area contributed by atoms with E-state index in [1.165, 1.54) is 18.4 Å². The Balaban J connectivity index is 2.03. The molecule has 1 nitrogen and oxygen atoms in total. The van der Waals surface area contributed by atoms with E-state index >= 15 is 0 Å². The molecule has 1 unspecified atom stereocenters. The lowest BCUT2D eigenvalue weighted by Crippen LogP contribution is -2.26. The zero-order valence-electron chi connectivity index (χ0n) is 10.0. The van der Waals surface area contributed by atoms with Gasteiger partial charge in [0.1, 0.15) is 5.82 Å². The molecule has 0 amide bonds. The molecule has 1 fully saturated rings. The number of halogens is 1. The minimum atomic E-state index is -0.151. The lowest BCUT2D eigenvalue weighted by molar-refractivity contribution is 0.438. The van der Waals surface area contributed by atoms with Gasteiger partial charge in [0.25, 0.3) is 0 Å². The molecule has 88 valence electrons. The van der Waals surface area contributed by atoms with Crippen LogP contribution >= 0.6 is 0 Å². The van der Waals surface area contributed by atoms with Crippen LogP contribution in [0.2, 0.25) is 0 Å². The summed E-state index contributed by atoms with van der Waals surface area (Å²) in [7, 11) is 0. The maximum Gasteiger partial charge on any atom is 0.123 e. The standard InChI is InChI=1S/C14H20FN/c1-10(2)9-16-14(11-3-4-11)12-5-7-13(15)8-6-12/h5-8,10-11,14,16H,3-4,9H2,1-2H3. The van der Waals surface area contributed by atoms with Gasteiger partial charge < -0.3 is 5.32 Å². The monoisotopic (exact) mass is 221 g/mol. The molecule has 0 spiro atoms. The molecule has 0 aromatic heterocycles. The molecule has 1 saturated carbocycles. The molecule has 1 aromatic rings. The van der Waals surface area contributed by atoms with Gasteiger partial charge in [0.2, 0.25) is 0 Å². The Bertz CT molecular complexity index is 327. The number of hydrogen-bond acceptors (Lipinski definition) is 1. The highest BCUT2D eigenvalue weighted by molar-refractivity contribution is 5.22. The summed E-state index contributed by atoms with van der Waals surface area (Å²) < 4.78 is 12.9. The lowest BCUT2D eigenvalue weighted by Gasteiger charge is -2.20. The summed E-state index contributed by atoms with van der Waals surface area (Å²) >= 11 is 0. The van der Waals surface area contributed by atoms with Crippen molar-refractivity contribution in [3.8, 4) is 0 Å². The van der Waals surface area contributed by atoms with Crippen LogP contribution in [0.5, 0.6) is 0 Å². The summed E-state index contributed by atoms with van der Waals surface area (Å²) in [6, 6.07) is 7.35. The second kappa shape index (κ2) is 4.96. The van der Waals surface area contributed by atoms with Crippen molar-refractivity contribution in [2.75, 3.05) is 6.54 Å². The fourth-order valence-electron chi connectivity index (χ4n) is 2.02. The van der Waals surface area contributed by atoms with Crippen molar-refractivity contribution < 1.29 is 4.39 Å². The third kappa shape index (κ3) is 3.05. The summed E-state index contributed by atoms with van der Waals surface area (Å²) in [5.74, 6) is 1.26. The van der Waals surface area contributed by atoms with Crippen LogP contribution in [-0.4, -0.2) is 6.54 Å². The summed E-state index contributed by atoms with van der Waals surface area (Å²) in [4.78, 5) is 0. The van der Waals surface area contributed by atoms with Crippen molar-refractivity contribution >= 4 is 0 Å². The van der Waals surface area contributed by atoms with Crippen LogP contribution in [0, 0.1) is 17.7 Å². The smallest absolute Gasteiger partial charge is 0.123 e. The minimum Gasteiger partial charge on any atom is -0.309 e. The first-order valence-corrected chi connectivity index (χ1v) is 6.15. The van der Waals surface area contributed by atoms with Gasteiger partial charge in [0, 0.05) is 6.04 Å². The highest BCUT2D eigenvalue weighted by Gasteiger charge is 2.31. The van der Waals surface area contributed by atoms with Gasteiger partial charge in [-0.25, -0.2) is 4.39 Å². The summed E-state index contributed by atoms with van der Waals surface area (Å²) in [6.45, 7) is 5.45. The molecule has 1 N–H and O–H groups in total. The van der Waals surface area contributed by atoms with E-state index in [1.807, 2.05) is 12.1 Å². The highest BCUT2D eigenvalue weighted by Crippen LogP contribution is 2.41. The van der Waals surface area contributed by atoms with Gasteiger partial charge in [0.15, 0.2) is 0 Å². The van der Waals surface area contributed by atoms with Crippen LogP contribution < -0.4 is 5.32 Å².